The zero-order valence-corrected chi connectivity index (χ0v) is 19.0. The number of nitrogens with zero attached hydrogens (tertiary/aromatic N) is 1. The molecular weight excluding hydrogens is 435 g/mol. The summed E-state index contributed by atoms with van der Waals surface area (Å²) in [6.45, 7) is 6.20. The predicted octanol–water partition coefficient (Wildman–Crippen LogP) is 4.52. The quantitative estimate of drug-likeness (QED) is 0.630. The van der Waals surface area contributed by atoms with Crippen LogP contribution >= 0.6 is 23.2 Å². The SMILES string of the molecule is CCN(CC)S(=O)(=O)c1ccc(C(C)NC(=O)c2cc(Cl)c(OC)c(Cl)c2)cc1. The summed E-state index contributed by atoms with van der Waals surface area (Å²) in [5, 5.41) is 3.33. The van der Waals surface area contributed by atoms with Gasteiger partial charge in [-0.3, -0.25) is 4.79 Å². The number of nitrogens with one attached hydrogen (secondary N) is 1. The third kappa shape index (κ3) is 5.22. The summed E-state index contributed by atoms with van der Waals surface area (Å²) >= 11 is 12.2. The van der Waals surface area contributed by atoms with Gasteiger partial charge in [0.15, 0.2) is 5.75 Å². The maximum atomic E-state index is 12.6. The van der Waals surface area contributed by atoms with E-state index in [0.717, 1.165) is 5.56 Å². The maximum absolute atomic E-state index is 12.6. The van der Waals surface area contributed by atoms with Gasteiger partial charge >= 0.3 is 0 Å². The average Bonchev–Trinajstić information content (AvgIpc) is 2.68. The van der Waals surface area contributed by atoms with Crippen LogP contribution in [0.15, 0.2) is 41.3 Å². The van der Waals surface area contributed by atoms with E-state index < -0.39 is 10.0 Å². The zero-order valence-electron chi connectivity index (χ0n) is 16.7. The minimum Gasteiger partial charge on any atom is -0.494 e. The van der Waals surface area contributed by atoms with Gasteiger partial charge in [-0.2, -0.15) is 4.31 Å². The maximum Gasteiger partial charge on any atom is 0.251 e. The molecule has 0 saturated heterocycles. The molecule has 0 aliphatic carbocycles. The fraction of sp³-hybridized carbons (Fsp3) is 0.350. The molecule has 0 aliphatic rings. The van der Waals surface area contributed by atoms with Crippen molar-refractivity contribution in [1.29, 1.82) is 0 Å². The largest absolute Gasteiger partial charge is 0.494 e. The summed E-state index contributed by atoms with van der Waals surface area (Å²) in [6, 6.07) is 9.08. The van der Waals surface area contributed by atoms with Crippen molar-refractivity contribution >= 4 is 39.1 Å². The van der Waals surface area contributed by atoms with Crippen LogP contribution in [0.4, 0.5) is 0 Å². The van der Waals surface area contributed by atoms with E-state index in [1.807, 2.05) is 0 Å². The lowest BCUT2D eigenvalue weighted by Gasteiger charge is -2.19. The zero-order chi connectivity index (χ0) is 21.8. The van der Waals surface area contributed by atoms with Gasteiger partial charge in [-0.15, -0.1) is 0 Å². The number of carbonyl (C=O) groups is 1. The lowest BCUT2D eigenvalue weighted by Crippen LogP contribution is -2.30. The van der Waals surface area contributed by atoms with E-state index >= 15 is 0 Å². The normalized spacial score (nSPS) is 12.7. The highest BCUT2D eigenvalue weighted by atomic mass is 35.5. The van der Waals surface area contributed by atoms with Crippen molar-refractivity contribution < 1.29 is 17.9 Å². The van der Waals surface area contributed by atoms with Crippen LogP contribution in [-0.2, 0) is 10.0 Å². The van der Waals surface area contributed by atoms with Crippen molar-refractivity contribution in [2.24, 2.45) is 0 Å². The Morgan fingerprint density at radius 1 is 1.10 bits per heavy atom. The van der Waals surface area contributed by atoms with Crippen molar-refractivity contribution in [3.8, 4) is 5.75 Å². The number of rotatable bonds is 8. The smallest absolute Gasteiger partial charge is 0.251 e. The van der Waals surface area contributed by atoms with Gasteiger partial charge < -0.3 is 10.1 Å². The third-order valence-electron chi connectivity index (χ3n) is 4.54. The molecular formula is C20H24Cl2N2O4S. The Bertz CT molecular complexity index is 951. The molecule has 0 saturated carbocycles. The number of hydrogen-bond donors (Lipinski definition) is 1. The minimum absolute atomic E-state index is 0.220. The number of hydrogen-bond acceptors (Lipinski definition) is 4. The number of methoxy groups -OCH3 is 1. The molecule has 9 heteroatoms. The van der Waals surface area contributed by atoms with Crippen LogP contribution in [-0.4, -0.2) is 38.8 Å². The van der Waals surface area contributed by atoms with Crippen LogP contribution < -0.4 is 10.1 Å². The first kappa shape index (κ1) is 23.5. The Hall–Kier alpha value is -1.80. The van der Waals surface area contributed by atoms with E-state index in [0.29, 0.717) is 24.4 Å². The van der Waals surface area contributed by atoms with Gasteiger partial charge in [-0.1, -0.05) is 49.2 Å². The highest BCUT2D eigenvalue weighted by molar-refractivity contribution is 7.89. The van der Waals surface area contributed by atoms with Gasteiger partial charge in [0, 0.05) is 18.7 Å². The van der Waals surface area contributed by atoms with E-state index in [2.05, 4.69) is 5.32 Å². The summed E-state index contributed by atoms with van der Waals surface area (Å²) in [4.78, 5) is 12.8. The topological polar surface area (TPSA) is 75.7 Å². The summed E-state index contributed by atoms with van der Waals surface area (Å²) in [5.41, 5.74) is 1.07. The van der Waals surface area contributed by atoms with E-state index in [1.54, 1.807) is 45.0 Å². The molecule has 2 aromatic carbocycles. The Labute approximate surface area is 181 Å². The monoisotopic (exact) mass is 458 g/mol. The van der Waals surface area contributed by atoms with Crippen molar-refractivity contribution in [2.45, 2.75) is 31.7 Å². The molecule has 1 amide bonds. The summed E-state index contributed by atoms with van der Waals surface area (Å²) in [5.74, 6) is -0.0493. The molecule has 0 spiro atoms. The van der Waals surface area contributed by atoms with Crippen molar-refractivity contribution in [3.05, 3.63) is 57.6 Å². The second-order valence-electron chi connectivity index (χ2n) is 6.33. The molecule has 2 aromatic rings. The molecule has 0 bridgehead atoms. The van der Waals surface area contributed by atoms with Crippen LogP contribution in [0.2, 0.25) is 10.0 Å². The highest BCUT2D eigenvalue weighted by Crippen LogP contribution is 2.34. The first-order chi connectivity index (χ1) is 13.6. The molecule has 2 rings (SSSR count). The Morgan fingerprint density at radius 3 is 2.07 bits per heavy atom. The third-order valence-corrected chi connectivity index (χ3v) is 7.16. The highest BCUT2D eigenvalue weighted by Gasteiger charge is 2.22. The second-order valence-corrected chi connectivity index (χ2v) is 9.08. The van der Waals surface area contributed by atoms with Crippen molar-refractivity contribution in [3.63, 3.8) is 0 Å². The van der Waals surface area contributed by atoms with Gasteiger partial charge in [-0.25, -0.2) is 8.42 Å². The molecule has 0 aliphatic heterocycles. The van der Waals surface area contributed by atoms with Crippen molar-refractivity contribution in [1.82, 2.24) is 9.62 Å². The average molecular weight is 459 g/mol. The molecule has 158 valence electrons. The summed E-state index contributed by atoms with van der Waals surface area (Å²) in [6.07, 6.45) is 0. The molecule has 0 radical (unpaired) electrons. The first-order valence-corrected chi connectivity index (χ1v) is 11.3. The molecule has 29 heavy (non-hydrogen) atoms. The Balaban J connectivity index is 2.17. The van der Waals surface area contributed by atoms with Crippen LogP contribution in [0.3, 0.4) is 0 Å². The number of ether oxygens (including phenoxy) is 1. The number of halogens is 2. The lowest BCUT2D eigenvalue weighted by molar-refractivity contribution is 0.0940. The van der Waals surface area contributed by atoms with E-state index in [-0.39, 0.29) is 26.9 Å². The van der Waals surface area contributed by atoms with Gasteiger partial charge in [-0.05, 0) is 36.8 Å². The molecule has 0 aromatic heterocycles. The minimum atomic E-state index is -3.52. The Kier molecular flexibility index (Phi) is 7.94. The number of amides is 1. The summed E-state index contributed by atoms with van der Waals surface area (Å²) < 4.78 is 31.6. The van der Waals surface area contributed by atoms with Gasteiger partial charge in [0.05, 0.1) is 28.1 Å². The molecule has 0 heterocycles. The molecule has 6 nitrogen and oxygen atoms in total. The Morgan fingerprint density at radius 2 is 1.62 bits per heavy atom. The van der Waals surface area contributed by atoms with Crippen molar-refractivity contribution in [2.75, 3.05) is 20.2 Å². The van der Waals surface area contributed by atoms with Crippen LogP contribution in [0, 0.1) is 0 Å². The molecule has 0 fully saturated rings. The standard InChI is InChI=1S/C20H24Cl2N2O4S/c1-5-24(6-2)29(26,27)16-9-7-14(8-10-16)13(3)23-20(25)15-11-17(21)19(28-4)18(22)12-15/h7-13H,5-6H2,1-4H3,(H,23,25). The molecule has 1 atom stereocenters. The van der Waals surface area contributed by atoms with Gasteiger partial charge in [0.25, 0.3) is 5.91 Å². The fourth-order valence-corrected chi connectivity index (χ4v) is 4.99. The van der Waals surface area contributed by atoms with Gasteiger partial charge in [0.2, 0.25) is 10.0 Å². The van der Waals surface area contributed by atoms with Gasteiger partial charge in [0.1, 0.15) is 0 Å². The first-order valence-electron chi connectivity index (χ1n) is 9.09. The lowest BCUT2D eigenvalue weighted by atomic mass is 10.1. The number of carbonyl (C=O) groups excluding carboxylic acids is 1. The molecule has 1 unspecified atom stereocenters. The van der Waals surface area contributed by atoms with Crippen LogP contribution in [0.25, 0.3) is 0 Å². The summed E-state index contributed by atoms with van der Waals surface area (Å²) in [7, 11) is -2.08. The van der Waals surface area contributed by atoms with E-state index in [4.69, 9.17) is 27.9 Å². The van der Waals surface area contributed by atoms with Crippen LogP contribution in [0.1, 0.15) is 42.7 Å². The predicted molar refractivity (Wildman–Crippen MR) is 115 cm³/mol. The van der Waals surface area contributed by atoms with Crippen LogP contribution in [0.5, 0.6) is 5.75 Å². The van der Waals surface area contributed by atoms with E-state index in [9.17, 15) is 13.2 Å². The number of benzene rings is 2. The molecule has 1 N–H and O–H groups in total. The second kappa shape index (κ2) is 9.80. The van der Waals surface area contributed by atoms with E-state index in [1.165, 1.54) is 23.5 Å². The fourth-order valence-electron chi connectivity index (χ4n) is 2.89. The number of sulfonamides is 1.